The van der Waals surface area contributed by atoms with Gasteiger partial charge in [0.15, 0.2) is 0 Å². The highest BCUT2D eigenvalue weighted by molar-refractivity contribution is 5.79. The highest BCUT2D eigenvalue weighted by atomic mass is 19.4. The van der Waals surface area contributed by atoms with Gasteiger partial charge in [-0.2, -0.15) is 13.2 Å². The molecule has 0 spiro atoms. The van der Waals surface area contributed by atoms with Crippen LogP contribution in [0.1, 0.15) is 38.5 Å². The molecule has 0 aromatic heterocycles. The molecule has 0 saturated carbocycles. The first kappa shape index (κ1) is 13.4. The molecule has 1 fully saturated rings. The van der Waals surface area contributed by atoms with Crippen molar-refractivity contribution in [2.45, 2.75) is 50.7 Å². The average Bonchev–Trinajstić information content (AvgIpc) is 2.38. The third-order valence-electron chi connectivity index (χ3n) is 3.78. The number of nitrogens with zero attached hydrogens (tertiary/aromatic N) is 1. The van der Waals surface area contributed by atoms with E-state index in [4.69, 9.17) is 0 Å². The second kappa shape index (κ2) is 5.33. The third-order valence-corrected chi connectivity index (χ3v) is 3.78. The predicted octanol–water partition coefficient (Wildman–Crippen LogP) is 3.29. The number of hydrogen-bond donors (Lipinski definition) is 0. The van der Waals surface area contributed by atoms with Gasteiger partial charge in [-0.15, -0.1) is 0 Å². The minimum atomic E-state index is -4.29. The molecular weight excluding hydrogens is 243 g/mol. The van der Waals surface area contributed by atoms with Gasteiger partial charge in [0.1, 0.15) is 6.04 Å². The maximum atomic E-state index is 12.9. The number of hydrogen-bond acceptors (Lipinski definition) is 1. The van der Waals surface area contributed by atoms with Gasteiger partial charge in [0.05, 0.1) is 0 Å². The van der Waals surface area contributed by atoms with Crippen molar-refractivity contribution in [2.24, 2.45) is 5.92 Å². The molecule has 0 bridgehead atoms. The molecule has 2 aliphatic rings. The summed E-state index contributed by atoms with van der Waals surface area (Å²) in [4.78, 5) is 13.3. The topological polar surface area (TPSA) is 20.3 Å². The van der Waals surface area contributed by atoms with Crippen molar-refractivity contribution < 1.29 is 18.0 Å². The van der Waals surface area contributed by atoms with Crippen LogP contribution in [0.15, 0.2) is 12.2 Å². The molecule has 0 N–H and O–H groups in total. The standard InChI is InChI=1S/C13H18F3NO/c14-13(15,16)11-8-4-5-9-17(11)12(18)10-6-2-1-3-7-10/h1-2,10-11H,3-9H2. The quantitative estimate of drug-likeness (QED) is 0.663. The summed E-state index contributed by atoms with van der Waals surface area (Å²) in [5, 5.41) is 0. The molecule has 1 saturated heterocycles. The number of amides is 1. The SMILES string of the molecule is O=C(C1CC=CCC1)N1CCCCC1C(F)(F)F. The summed E-state index contributed by atoms with van der Waals surface area (Å²) >= 11 is 0. The van der Waals surface area contributed by atoms with E-state index in [-0.39, 0.29) is 24.8 Å². The molecular formula is C13H18F3NO. The monoisotopic (exact) mass is 261 g/mol. The molecule has 2 rings (SSSR count). The number of halogens is 3. The van der Waals surface area contributed by atoms with Crippen molar-refractivity contribution in [1.29, 1.82) is 0 Å². The summed E-state index contributed by atoms with van der Waals surface area (Å²) in [6.45, 7) is 0.253. The van der Waals surface area contributed by atoms with Crippen LogP contribution in [-0.2, 0) is 4.79 Å². The first-order valence-electron chi connectivity index (χ1n) is 6.52. The van der Waals surface area contributed by atoms with Crippen LogP contribution in [0.3, 0.4) is 0 Å². The number of piperidine rings is 1. The largest absolute Gasteiger partial charge is 0.408 e. The van der Waals surface area contributed by atoms with Crippen molar-refractivity contribution >= 4 is 5.91 Å². The number of allylic oxidation sites excluding steroid dienone is 2. The van der Waals surface area contributed by atoms with Crippen LogP contribution in [0, 0.1) is 5.92 Å². The summed E-state index contributed by atoms with van der Waals surface area (Å²) in [7, 11) is 0. The van der Waals surface area contributed by atoms with Gasteiger partial charge in [-0.25, -0.2) is 0 Å². The van der Waals surface area contributed by atoms with E-state index in [1.54, 1.807) is 0 Å². The zero-order valence-corrected chi connectivity index (χ0v) is 10.2. The second-order valence-electron chi connectivity index (χ2n) is 5.07. The Morgan fingerprint density at radius 3 is 2.56 bits per heavy atom. The van der Waals surface area contributed by atoms with Gasteiger partial charge in [-0.05, 0) is 38.5 Å². The maximum absolute atomic E-state index is 12.9. The molecule has 0 aromatic carbocycles. The number of rotatable bonds is 1. The zero-order chi connectivity index (χ0) is 13.2. The predicted molar refractivity (Wildman–Crippen MR) is 61.9 cm³/mol. The Morgan fingerprint density at radius 1 is 1.17 bits per heavy atom. The fourth-order valence-electron chi connectivity index (χ4n) is 2.79. The van der Waals surface area contributed by atoms with E-state index < -0.39 is 12.2 Å². The van der Waals surface area contributed by atoms with E-state index in [2.05, 4.69) is 0 Å². The first-order valence-corrected chi connectivity index (χ1v) is 6.52. The number of likely N-dealkylation sites (tertiary alicyclic amines) is 1. The Balaban J connectivity index is 2.08. The van der Waals surface area contributed by atoms with Gasteiger partial charge in [-0.1, -0.05) is 12.2 Å². The first-order chi connectivity index (χ1) is 8.50. The average molecular weight is 261 g/mol. The van der Waals surface area contributed by atoms with Crippen LogP contribution < -0.4 is 0 Å². The summed E-state index contributed by atoms with van der Waals surface area (Å²) in [5.74, 6) is -0.556. The Bertz CT molecular complexity index is 338. The fraction of sp³-hybridized carbons (Fsp3) is 0.769. The van der Waals surface area contributed by atoms with Crippen LogP contribution >= 0.6 is 0 Å². The Kier molecular flexibility index (Phi) is 3.97. The van der Waals surface area contributed by atoms with Gasteiger partial charge >= 0.3 is 6.18 Å². The molecule has 18 heavy (non-hydrogen) atoms. The summed E-state index contributed by atoms with van der Waals surface area (Å²) in [6, 6.07) is -1.57. The van der Waals surface area contributed by atoms with Crippen LogP contribution in [0.4, 0.5) is 13.2 Å². The Labute approximate surface area is 105 Å². The van der Waals surface area contributed by atoms with Crippen LogP contribution in [-0.4, -0.2) is 29.6 Å². The van der Waals surface area contributed by atoms with E-state index in [1.807, 2.05) is 12.2 Å². The van der Waals surface area contributed by atoms with E-state index >= 15 is 0 Å². The number of carbonyl (C=O) groups is 1. The van der Waals surface area contributed by atoms with Crippen molar-refractivity contribution in [3.8, 4) is 0 Å². The molecule has 2 atom stereocenters. The Morgan fingerprint density at radius 2 is 1.94 bits per heavy atom. The van der Waals surface area contributed by atoms with E-state index in [9.17, 15) is 18.0 Å². The molecule has 1 aliphatic heterocycles. The van der Waals surface area contributed by atoms with E-state index in [1.165, 1.54) is 0 Å². The van der Waals surface area contributed by atoms with Gasteiger partial charge in [-0.3, -0.25) is 4.79 Å². The number of alkyl halides is 3. The summed E-state index contributed by atoms with van der Waals surface area (Å²) < 4.78 is 38.7. The third kappa shape index (κ3) is 2.87. The second-order valence-corrected chi connectivity index (χ2v) is 5.07. The molecule has 2 nitrogen and oxygen atoms in total. The highest BCUT2D eigenvalue weighted by Crippen LogP contribution is 2.34. The molecule has 1 heterocycles. The zero-order valence-electron chi connectivity index (χ0n) is 10.2. The molecule has 5 heteroatoms. The highest BCUT2D eigenvalue weighted by Gasteiger charge is 2.47. The summed E-state index contributed by atoms with van der Waals surface area (Å²) in [5.41, 5.74) is 0. The lowest BCUT2D eigenvalue weighted by Gasteiger charge is -2.38. The number of carbonyl (C=O) groups excluding carboxylic acids is 1. The fourth-order valence-corrected chi connectivity index (χ4v) is 2.79. The van der Waals surface area contributed by atoms with Crippen LogP contribution in [0.25, 0.3) is 0 Å². The lowest BCUT2D eigenvalue weighted by molar-refractivity contribution is -0.197. The molecule has 1 aliphatic carbocycles. The lowest BCUT2D eigenvalue weighted by Crippen LogP contribution is -2.53. The van der Waals surface area contributed by atoms with E-state index in [0.29, 0.717) is 25.7 Å². The minimum Gasteiger partial charge on any atom is -0.330 e. The van der Waals surface area contributed by atoms with Crippen LogP contribution in [0.5, 0.6) is 0 Å². The Hall–Kier alpha value is -1.00. The van der Waals surface area contributed by atoms with Crippen molar-refractivity contribution in [2.75, 3.05) is 6.54 Å². The van der Waals surface area contributed by atoms with Gasteiger partial charge in [0.2, 0.25) is 5.91 Å². The van der Waals surface area contributed by atoms with Gasteiger partial charge < -0.3 is 4.90 Å². The maximum Gasteiger partial charge on any atom is 0.408 e. The smallest absolute Gasteiger partial charge is 0.330 e. The van der Waals surface area contributed by atoms with Gasteiger partial charge in [0.25, 0.3) is 0 Å². The normalized spacial score (nSPS) is 29.4. The van der Waals surface area contributed by atoms with E-state index in [0.717, 1.165) is 11.3 Å². The molecule has 1 amide bonds. The molecule has 102 valence electrons. The minimum absolute atomic E-state index is 0.0534. The molecule has 0 aromatic rings. The van der Waals surface area contributed by atoms with Crippen molar-refractivity contribution in [3.63, 3.8) is 0 Å². The molecule has 0 radical (unpaired) electrons. The summed E-state index contributed by atoms with van der Waals surface area (Å²) in [6.07, 6.45) is 2.94. The van der Waals surface area contributed by atoms with Crippen LogP contribution in [0.2, 0.25) is 0 Å². The molecule has 2 unspecified atom stereocenters. The van der Waals surface area contributed by atoms with Gasteiger partial charge in [0, 0.05) is 12.5 Å². The van der Waals surface area contributed by atoms with Crippen molar-refractivity contribution in [3.05, 3.63) is 12.2 Å². The lowest BCUT2D eigenvalue weighted by atomic mass is 9.91. The van der Waals surface area contributed by atoms with Crippen molar-refractivity contribution in [1.82, 2.24) is 4.90 Å².